The third-order valence-corrected chi connectivity index (χ3v) is 3.00. The third kappa shape index (κ3) is 2.06. The van der Waals surface area contributed by atoms with Crippen molar-refractivity contribution in [1.82, 2.24) is 19.5 Å². The van der Waals surface area contributed by atoms with Crippen LogP contribution in [0.4, 0.5) is 0 Å². The fourth-order valence-electron chi connectivity index (χ4n) is 2.13. The van der Waals surface area contributed by atoms with E-state index in [0.717, 1.165) is 0 Å². The molecule has 0 saturated carbocycles. The lowest BCUT2D eigenvalue weighted by Crippen LogP contribution is -2.24. The van der Waals surface area contributed by atoms with Crippen molar-refractivity contribution in [2.24, 2.45) is 0 Å². The lowest BCUT2D eigenvalue weighted by Gasteiger charge is -2.10. The van der Waals surface area contributed by atoms with Crippen LogP contribution in [-0.4, -0.2) is 31.2 Å². The Morgan fingerprint density at radius 1 is 1.20 bits per heavy atom. The zero-order valence-corrected chi connectivity index (χ0v) is 10.6. The van der Waals surface area contributed by atoms with E-state index >= 15 is 0 Å². The minimum atomic E-state index is -0.411. The summed E-state index contributed by atoms with van der Waals surface area (Å²) < 4.78 is 1.44. The molecule has 0 unspecified atom stereocenters. The number of rotatable bonds is 3. The maximum atomic E-state index is 12.2. The van der Waals surface area contributed by atoms with Gasteiger partial charge in [-0.2, -0.15) is 4.98 Å². The normalized spacial score (nSPS) is 10.8. The van der Waals surface area contributed by atoms with Crippen molar-refractivity contribution in [3.8, 4) is 5.69 Å². The minimum absolute atomic E-state index is 0.0776. The largest absolute Gasteiger partial charge is 0.396 e. The summed E-state index contributed by atoms with van der Waals surface area (Å²) in [5.74, 6) is 0. The lowest BCUT2D eigenvalue weighted by molar-refractivity contribution is 0.298. The number of hydrogen-bond donors (Lipinski definition) is 1. The number of para-hydroxylation sites is 1. The maximum Gasteiger partial charge on any atom is 0.354 e. The van der Waals surface area contributed by atoms with E-state index in [1.165, 1.54) is 10.9 Å². The minimum Gasteiger partial charge on any atom is -0.396 e. The predicted molar refractivity (Wildman–Crippen MR) is 73.7 cm³/mol. The summed E-state index contributed by atoms with van der Waals surface area (Å²) in [7, 11) is 0. The first kappa shape index (κ1) is 12.4. The van der Waals surface area contributed by atoms with Crippen LogP contribution < -0.4 is 5.69 Å². The molecule has 0 amide bonds. The van der Waals surface area contributed by atoms with Gasteiger partial charge in [-0.1, -0.05) is 18.2 Å². The average Bonchev–Trinajstić information content (AvgIpc) is 2.48. The molecule has 3 aromatic rings. The SMILES string of the molecule is O=c1nc(CCO)c2cncnc2n1-c1ccccc1. The van der Waals surface area contributed by atoms with Crippen LogP contribution in [0.15, 0.2) is 47.7 Å². The molecule has 3 rings (SSSR count). The molecule has 6 nitrogen and oxygen atoms in total. The molecular formula is C14H12N4O2. The van der Waals surface area contributed by atoms with E-state index in [0.29, 0.717) is 28.8 Å². The molecule has 6 heteroatoms. The van der Waals surface area contributed by atoms with Gasteiger partial charge < -0.3 is 5.11 Å². The van der Waals surface area contributed by atoms with E-state index in [1.807, 2.05) is 30.3 Å². The second-order valence-electron chi connectivity index (χ2n) is 4.25. The maximum absolute atomic E-state index is 12.2. The highest BCUT2D eigenvalue weighted by molar-refractivity contribution is 5.77. The highest BCUT2D eigenvalue weighted by Crippen LogP contribution is 2.15. The molecule has 2 aromatic heterocycles. The van der Waals surface area contributed by atoms with Crippen LogP contribution >= 0.6 is 0 Å². The van der Waals surface area contributed by atoms with E-state index in [9.17, 15) is 4.79 Å². The molecule has 0 aliphatic rings. The van der Waals surface area contributed by atoms with Crippen molar-refractivity contribution in [3.63, 3.8) is 0 Å². The molecule has 0 spiro atoms. The molecule has 0 bridgehead atoms. The molecule has 1 N–H and O–H groups in total. The number of nitrogens with zero attached hydrogens (tertiary/aromatic N) is 4. The predicted octanol–water partition coefficient (Wildman–Crippen LogP) is 0.710. The van der Waals surface area contributed by atoms with Gasteiger partial charge in [-0.05, 0) is 12.1 Å². The highest BCUT2D eigenvalue weighted by Gasteiger charge is 2.12. The number of aliphatic hydroxyl groups excluding tert-OH is 1. The van der Waals surface area contributed by atoms with Crippen LogP contribution in [0.1, 0.15) is 5.69 Å². The Morgan fingerprint density at radius 2 is 2.00 bits per heavy atom. The number of fused-ring (bicyclic) bond motifs is 1. The summed E-state index contributed by atoms with van der Waals surface area (Å²) in [6, 6.07) is 9.19. The first-order valence-electron chi connectivity index (χ1n) is 6.19. The summed E-state index contributed by atoms with van der Waals surface area (Å²) in [6.45, 7) is -0.0776. The van der Waals surface area contributed by atoms with E-state index < -0.39 is 5.69 Å². The third-order valence-electron chi connectivity index (χ3n) is 3.00. The molecule has 0 aliphatic carbocycles. The van der Waals surface area contributed by atoms with Crippen LogP contribution in [-0.2, 0) is 6.42 Å². The fourth-order valence-corrected chi connectivity index (χ4v) is 2.13. The van der Waals surface area contributed by atoms with Gasteiger partial charge in [-0.25, -0.2) is 19.3 Å². The van der Waals surface area contributed by atoms with Gasteiger partial charge in [0.05, 0.1) is 16.8 Å². The zero-order chi connectivity index (χ0) is 13.9. The quantitative estimate of drug-likeness (QED) is 0.756. The van der Waals surface area contributed by atoms with Gasteiger partial charge in [0.15, 0.2) is 5.65 Å². The Bertz CT molecular complexity index is 799. The summed E-state index contributed by atoms with van der Waals surface area (Å²) in [4.78, 5) is 24.4. The molecule has 0 fully saturated rings. The van der Waals surface area contributed by atoms with Crippen molar-refractivity contribution in [3.05, 3.63) is 59.0 Å². The van der Waals surface area contributed by atoms with Crippen LogP contribution in [0.25, 0.3) is 16.7 Å². The topological polar surface area (TPSA) is 80.9 Å². The fraction of sp³-hybridized carbons (Fsp3) is 0.143. The summed E-state index contributed by atoms with van der Waals surface area (Å²) >= 11 is 0. The monoisotopic (exact) mass is 268 g/mol. The van der Waals surface area contributed by atoms with Gasteiger partial charge in [-0.3, -0.25) is 0 Å². The Morgan fingerprint density at radius 3 is 2.75 bits per heavy atom. The van der Waals surface area contributed by atoms with Gasteiger partial charge in [0, 0.05) is 19.2 Å². The molecule has 0 aliphatic heterocycles. The second-order valence-corrected chi connectivity index (χ2v) is 4.25. The van der Waals surface area contributed by atoms with Crippen molar-refractivity contribution in [1.29, 1.82) is 0 Å². The highest BCUT2D eigenvalue weighted by atomic mass is 16.3. The zero-order valence-electron chi connectivity index (χ0n) is 10.6. The van der Waals surface area contributed by atoms with Crippen LogP contribution in [0.3, 0.4) is 0 Å². The van der Waals surface area contributed by atoms with E-state index in [4.69, 9.17) is 5.11 Å². The van der Waals surface area contributed by atoms with Crippen LogP contribution in [0.2, 0.25) is 0 Å². The second kappa shape index (κ2) is 5.18. The Kier molecular flexibility index (Phi) is 3.22. The van der Waals surface area contributed by atoms with Crippen LogP contribution in [0.5, 0.6) is 0 Å². The van der Waals surface area contributed by atoms with E-state index in [1.54, 1.807) is 6.20 Å². The standard InChI is InChI=1S/C14H12N4O2/c19-7-6-12-11-8-15-9-16-13(11)18(14(20)17-12)10-4-2-1-3-5-10/h1-5,8-9,19H,6-7H2. The Hall–Kier alpha value is -2.60. The van der Waals surface area contributed by atoms with Crippen molar-refractivity contribution >= 4 is 11.0 Å². The Balaban J connectivity index is 2.37. The number of benzene rings is 1. The van der Waals surface area contributed by atoms with Crippen molar-refractivity contribution in [2.75, 3.05) is 6.61 Å². The molecular weight excluding hydrogens is 256 g/mol. The van der Waals surface area contributed by atoms with E-state index in [-0.39, 0.29) is 6.61 Å². The van der Waals surface area contributed by atoms with Crippen molar-refractivity contribution < 1.29 is 5.11 Å². The van der Waals surface area contributed by atoms with Crippen molar-refractivity contribution in [2.45, 2.75) is 6.42 Å². The molecule has 0 saturated heterocycles. The first-order valence-corrected chi connectivity index (χ1v) is 6.19. The first-order chi connectivity index (χ1) is 9.81. The number of hydrogen-bond acceptors (Lipinski definition) is 5. The summed E-state index contributed by atoms with van der Waals surface area (Å²) in [5.41, 5.74) is 1.30. The lowest BCUT2D eigenvalue weighted by atomic mass is 10.2. The molecule has 20 heavy (non-hydrogen) atoms. The molecule has 100 valence electrons. The molecule has 0 atom stereocenters. The van der Waals surface area contributed by atoms with Gasteiger partial charge in [0.2, 0.25) is 0 Å². The van der Waals surface area contributed by atoms with Crippen LogP contribution in [0, 0.1) is 0 Å². The smallest absolute Gasteiger partial charge is 0.354 e. The van der Waals surface area contributed by atoms with E-state index in [2.05, 4.69) is 15.0 Å². The van der Waals surface area contributed by atoms with Gasteiger partial charge in [-0.15, -0.1) is 0 Å². The number of aromatic nitrogens is 4. The molecule has 1 aromatic carbocycles. The van der Waals surface area contributed by atoms with Gasteiger partial charge in [0.25, 0.3) is 0 Å². The number of aliphatic hydroxyl groups is 1. The summed E-state index contributed by atoms with van der Waals surface area (Å²) in [5, 5.41) is 9.74. The molecule has 2 heterocycles. The Labute approximate surface area is 114 Å². The average molecular weight is 268 g/mol. The van der Waals surface area contributed by atoms with Gasteiger partial charge >= 0.3 is 5.69 Å². The molecule has 0 radical (unpaired) electrons. The summed E-state index contributed by atoms with van der Waals surface area (Å²) in [6.07, 6.45) is 3.30. The van der Waals surface area contributed by atoms with Gasteiger partial charge in [0.1, 0.15) is 6.33 Å².